The molecule has 1 aromatic carbocycles. The number of rotatable bonds is 2. The van der Waals surface area contributed by atoms with Crippen LogP contribution in [0.2, 0.25) is 0 Å². The first-order chi connectivity index (χ1) is 10.3. The number of hydrogen-bond donors (Lipinski definition) is 0. The van der Waals surface area contributed by atoms with Crippen molar-refractivity contribution in [2.75, 3.05) is 0 Å². The summed E-state index contributed by atoms with van der Waals surface area (Å²) in [6.45, 7) is 4.16. The van der Waals surface area contributed by atoms with Gasteiger partial charge in [0.05, 0.1) is 11.7 Å². The summed E-state index contributed by atoms with van der Waals surface area (Å²) in [4.78, 5) is 5.53. The molecule has 0 bridgehead atoms. The van der Waals surface area contributed by atoms with Crippen molar-refractivity contribution in [1.29, 1.82) is 0 Å². The maximum absolute atomic E-state index is 4.64. The number of imidazole rings is 1. The third kappa shape index (κ3) is 1.91. The fourth-order valence-electron chi connectivity index (χ4n) is 2.43. The zero-order chi connectivity index (χ0) is 14.4. The largest absolute Gasteiger partial charge is 0.216 e. The molecule has 0 aliphatic rings. The normalized spacial score (nSPS) is 11.5. The predicted octanol–water partition coefficient (Wildman–Crippen LogP) is 3.27. The van der Waals surface area contributed by atoms with E-state index >= 15 is 0 Å². The van der Waals surface area contributed by atoms with E-state index < -0.39 is 0 Å². The zero-order valence-electron chi connectivity index (χ0n) is 11.7. The van der Waals surface area contributed by atoms with E-state index in [1.807, 2.05) is 28.9 Å². The van der Waals surface area contributed by atoms with E-state index in [2.05, 4.69) is 40.2 Å². The van der Waals surface area contributed by atoms with Crippen LogP contribution in [0.1, 0.15) is 17.5 Å². The summed E-state index contributed by atoms with van der Waals surface area (Å²) in [5, 5.41) is 15.3. The van der Waals surface area contributed by atoms with Crippen LogP contribution in [0.4, 0.5) is 0 Å². The van der Waals surface area contributed by atoms with Gasteiger partial charge in [0.2, 0.25) is 4.96 Å². The van der Waals surface area contributed by atoms with Crippen molar-refractivity contribution < 1.29 is 0 Å². The molecular formula is C15H13N5S. The van der Waals surface area contributed by atoms with Crippen LogP contribution in [-0.4, -0.2) is 24.8 Å². The highest BCUT2D eigenvalue weighted by Gasteiger charge is 2.14. The molecule has 3 heterocycles. The maximum atomic E-state index is 4.64. The van der Waals surface area contributed by atoms with Crippen molar-refractivity contribution >= 4 is 27.2 Å². The van der Waals surface area contributed by atoms with Gasteiger partial charge in [0.15, 0.2) is 0 Å². The van der Waals surface area contributed by atoms with E-state index in [-0.39, 0.29) is 0 Å². The van der Waals surface area contributed by atoms with E-state index in [9.17, 15) is 0 Å². The molecule has 5 nitrogen and oxygen atoms in total. The third-order valence-electron chi connectivity index (χ3n) is 3.55. The van der Waals surface area contributed by atoms with Crippen LogP contribution in [-0.2, 0) is 6.42 Å². The minimum atomic E-state index is 0.824. The Hall–Kier alpha value is -2.34. The molecule has 0 saturated carbocycles. The van der Waals surface area contributed by atoms with Crippen LogP contribution < -0.4 is 0 Å². The molecule has 4 aromatic rings. The fraction of sp³-hybridized carbons (Fsp3) is 0.200. The fourth-order valence-corrected chi connectivity index (χ4v) is 3.24. The molecule has 0 spiro atoms. The highest BCUT2D eigenvalue weighted by Crippen LogP contribution is 2.26. The molecule has 0 aliphatic heterocycles. The summed E-state index contributed by atoms with van der Waals surface area (Å²) < 4.78 is 1.83. The summed E-state index contributed by atoms with van der Waals surface area (Å²) in [5.74, 6) is 0. The predicted molar refractivity (Wildman–Crippen MR) is 83.5 cm³/mol. The summed E-state index contributed by atoms with van der Waals surface area (Å²) in [6, 6.07) is 8.02. The van der Waals surface area contributed by atoms with E-state index in [1.54, 1.807) is 11.3 Å². The van der Waals surface area contributed by atoms with Crippen molar-refractivity contribution in [1.82, 2.24) is 24.8 Å². The molecule has 3 aromatic heterocycles. The molecule has 0 atom stereocenters. The van der Waals surface area contributed by atoms with Crippen molar-refractivity contribution in [2.24, 2.45) is 0 Å². The highest BCUT2D eigenvalue weighted by atomic mass is 32.1. The van der Waals surface area contributed by atoms with Crippen molar-refractivity contribution in [2.45, 2.75) is 20.3 Å². The number of benzene rings is 1. The Labute approximate surface area is 125 Å². The number of aryl methyl sites for hydroxylation is 2. The van der Waals surface area contributed by atoms with Gasteiger partial charge in [-0.1, -0.05) is 36.5 Å². The van der Waals surface area contributed by atoms with Crippen LogP contribution >= 0.6 is 11.3 Å². The monoisotopic (exact) mass is 295 g/mol. The minimum absolute atomic E-state index is 0.824. The molecule has 0 N–H and O–H groups in total. The Kier molecular flexibility index (Phi) is 2.71. The lowest BCUT2D eigenvalue weighted by molar-refractivity contribution is 0.910. The molecule has 0 radical (unpaired) electrons. The van der Waals surface area contributed by atoms with Gasteiger partial charge >= 0.3 is 0 Å². The average molecular weight is 295 g/mol. The van der Waals surface area contributed by atoms with E-state index in [1.165, 1.54) is 0 Å². The summed E-state index contributed by atoms with van der Waals surface area (Å²) in [6.07, 6.45) is 2.86. The van der Waals surface area contributed by atoms with Gasteiger partial charge in [-0.15, -0.1) is 10.2 Å². The summed E-state index contributed by atoms with van der Waals surface area (Å²) in [7, 11) is 0. The highest BCUT2D eigenvalue weighted by molar-refractivity contribution is 7.16. The molecule has 0 aliphatic carbocycles. The lowest BCUT2D eigenvalue weighted by Gasteiger charge is -2.04. The van der Waals surface area contributed by atoms with Crippen molar-refractivity contribution in [3.05, 3.63) is 41.0 Å². The molecule has 0 fully saturated rings. The van der Waals surface area contributed by atoms with Crippen LogP contribution in [0.25, 0.3) is 27.3 Å². The van der Waals surface area contributed by atoms with E-state index in [0.29, 0.717) is 0 Å². The number of fused-ring (bicyclic) bond motifs is 2. The number of aromatic nitrogens is 5. The quantitative estimate of drug-likeness (QED) is 0.569. The van der Waals surface area contributed by atoms with E-state index in [0.717, 1.165) is 44.2 Å². The maximum Gasteiger partial charge on any atom is 0.212 e. The topological polar surface area (TPSA) is 56.0 Å². The van der Waals surface area contributed by atoms with Gasteiger partial charge in [-0.05, 0) is 25.0 Å². The van der Waals surface area contributed by atoms with Gasteiger partial charge < -0.3 is 0 Å². The molecular weight excluding hydrogens is 282 g/mol. The Bertz CT molecular complexity index is 922. The van der Waals surface area contributed by atoms with Crippen LogP contribution in [0.5, 0.6) is 0 Å². The lowest BCUT2D eigenvalue weighted by Crippen LogP contribution is -1.94. The Morgan fingerprint density at radius 3 is 2.86 bits per heavy atom. The van der Waals surface area contributed by atoms with Crippen molar-refractivity contribution in [3.63, 3.8) is 0 Å². The number of nitrogens with zero attached hydrogens (tertiary/aromatic N) is 5. The smallest absolute Gasteiger partial charge is 0.212 e. The van der Waals surface area contributed by atoms with Crippen LogP contribution in [0, 0.1) is 6.92 Å². The first-order valence-electron chi connectivity index (χ1n) is 6.83. The van der Waals surface area contributed by atoms with Crippen molar-refractivity contribution in [3.8, 4) is 11.4 Å². The second-order valence-corrected chi connectivity index (χ2v) is 5.93. The summed E-state index contributed by atoms with van der Waals surface area (Å²) in [5.41, 5.74) is 3.66. The van der Waals surface area contributed by atoms with Gasteiger partial charge in [0, 0.05) is 5.39 Å². The lowest BCUT2D eigenvalue weighted by atomic mass is 10.1. The van der Waals surface area contributed by atoms with Crippen LogP contribution in [0.15, 0.2) is 30.5 Å². The molecule has 0 saturated heterocycles. The zero-order valence-corrected chi connectivity index (χ0v) is 12.6. The molecule has 0 amide bonds. The van der Waals surface area contributed by atoms with Gasteiger partial charge in [0.25, 0.3) is 0 Å². The second-order valence-electron chi connectivity index (χ2n) is 4.89. The second kappa shape index (κ2) is 4.60. The SMILES string of the molecule is CCc1nn2cc(-c3nnc4ccccc4c3C)nc2s1. The third-order valence-corrected chi connectivity index (χ3v) is 4.62. The Balaban J connectivity index is 1.91. The molecule has 21 heavy (non-hydrogen) atoms. The molecule has 4 rings (SSSR count). The van der Waals surface area contributed by atoms with Gasteiger partial charge in [-0.25, -0.2) is 9.50 Å². The Morgan fingerprint density at radius 2 is 2.05 bits per heavy atom. The minimum Gasteiger partial charge on any atom is -0.216 e. The van der Waals surface area contributed by atoms with Gasteiger partial charge in [-0.2, -0.15) is 5.10 Å². The average Bonchev–Trinajstić information content (AvgIpc) is 3.06. The van der Waals surface area contributed by atoms with Gasteiger partial charge in [0.1, 0.15) is 16.4 Å². The standard InChI is InChI=1S/C15H13N5S/c1-3-13-19-20-8-12(16-15(20)21-13)14-9(2)10-6-4-5-7-11(10)17-18-14/h4-8H,3H2,1-2H3. The molecule has 0 unspecified atom stereocenters. The first kappa shape index (κ1) is 12.4. The molecule has 104 valence electrons. The molecule has 6 heteroatoms. The number of hydrogen-bond acceptors (Lipinski definition) is 5. The summed E-state index contributed by atoms with van der Waals surface area (Å²) >= 11 is 1.61. The Morgan fingerprint density at radius 1 is 1.19 bits per heavy atom. The first-order valence-corrected chi connectivity index (χ1v) is 7.65. The van der Waals surface area contributed by atoms with Crippen LogP contribution in [0.3, 0.4) is 0 Å². The van der Waals surface area contributed by atoms with E-state index in [4.69, 9.17) is 0 Å². The van der Waals surface area contributed by atoms with Gasteiger partial charge in [-0.3, -0.25) is 0 Å².